The van der Waals surface area contributed by atoms with Crippen molar-refractivity contribution < 1.29 is 8.78 Å². The van der Waals surface area contributed by atoms with Crippen LogP contribution in [0.5, 0.6) is 0 Å². The Morgan fingerprint density at radius 1 is 1.11 bits per heavy atom. The average Bonchev–Trinajstić information content (AvgIpc) is 2.76. The van der Waals surface area contributed by atoms with Gasteiger partial charge in [-0.25, -0.2) is 8.78 Å². The Bertz CT molecular complexity index is 555. The van der Waals surface area contributed by atoms with E-state index >= 15 is 0 Å². The van der Waals surface area contributed by atoms with Crippen LogP contribution in [0.1, 0.15) is 11.1 Å². The van der Waals surface area contributed by atoms with Crippen molar-refractivity contribution in [3.8, 4) is 0 Å². The molecule has 0 bridgehead atoms. The lowest BCUT2D eigenvalue weighted by molar-refractivity contribution is 0.576. The van der Waals surface area contributed by atoms with Gasteiger partial charge in [0.1, 0.15) is 11.6 Å². The fraction of sp³-hybridized carbons (Fsp3) is 0.200. The zero-order valence-electron chi connectivity index (χ0n) is 9.79. The average molecular weight is 245 g/mol. The second-order valence-electron chi connectivity index (χ2n) is 4.64. The van der Waals surface area contributed by atoms with Crippen molar-refractivity contribution in [2.45, 2.75) is 18.9 Å². The van der Waals surface area contributed by atoms with E-state index in [4.69, 9.17) is 0 Å². The predicted molar refractivity (Wildman–Crippen MR) is 67.6 cm³/mol. The van der Waals surface area contributed by atoms with Gasteiger partial charge in [0.05, 0.1) is 0 Å². The number of hydrogen-bond donors (Lipinski definition) is 1. The van der Waals surface area contributed by atoms with Gasteiger partial charge in [-0.05, 0) is 48.2 Å². The van der Waals surface area contributed by atoms with Crippen molar-refractivity contribution >= 4 is 5.69 Å². The lowest BCUT2D eigenvalue weighted by Crippen LogP contribution is -2.19. The van der Waals surface area contributed by atoms with E-state index in [1.807, 2.05) is 18.2 Å². The van der Waals surface area contributed by atoms with Crippen LogP contribution in [0.15, 0.2) is 42.5 Å². The van der Waals surface area contributed by atoms with E-state index in [0.717, 1.165) is 18.2 Å². The van der Waals surface area contributed by atoms with E-state index in [9.17, 15) is 8.78 Å². The number of hydrogen-bond acceptors (Lipinski definition) is 1. The van der Waals surface area contributed by atoms with Crippen LogP contribution in [0.2, 0.25) is 0 Å². The van der Waals surface area contributed by atoms with Crippen LogP contribution in [-0.4, -0.2) is 6.04 Å². The van der Waals surface area contributed by atoms with E-state index < -0.39 is 0 Å². The highest BCUT2D eigenvalue weighted by Crippen LogP contribution is 2.27. The topological polar surface area (TPSA) is 12.0 Å². The Morgan fingerprint density at radius 2 is 1.94 bits per heavy atom. The Morgan fingerprint density at radius 3 is 2.78 bits per heavy atom. The minimum atomic E-state index is -0.387. The zero-order valence-corrected chi connectivity index (χ0v) is 9.79. The maximum absolute atomic E-state index is 13.6. The number of fused-ring (bicyclic) bond motifs is 1. The first-order chi connectivity index (χ1) is 8.72. The molecular weight excluding hydrogens is 232 g/mol. The number of nitrogens with one attached hydrogen (secondary N) is 1. The van der Waals surface area contributed by atoms with E-state index in [1.165, 1.54) is 17.7 Å². The fourth-order valence-electron chi connectivity index (χ4n) is 2.46. The van der Waals surface area contributed by atoms with Crippen LogP contribution in [0.25, 0.3) is 0 Å². The number of anilines is 1. The molecule has 0 aliphatic carbocycles. The van der Waals surface area contributed by atoms with Gasteiger partial charge in [0.2, 0.25) is 0 Å². The molecule has 1 atom stereocenters. The van der Waals surface area contributed by atoms with E-state index in [0.29, 0.717) is 12.0 Å². The van der Waals surface area contributed by atoms with Crippen molar-refractivity contribution in [2.24, 2.45) is 0 Å². The van der Waals surface area contributed by atoms with Crippen LogP contribution < -0.4 is 5.32 Å². The van der Waals surface area contributed by atoms with Gasteiger partial charge in [0.25, 0.3) is 0 Å². The third kappa shape index (κ3) is 2.08. The Kier molecular flexibility index (Phi) is 2.74. The minimum absolute atomic E-state index is 0.138. The number of rotatable bonds is 2. The summed E-state index contributed by atoms with van der Waals surface area (Å²) in [7, 11) is 0. The van der Waals surface area contributed by atoms with Gasteiger partial charge < -0.3 is 5.32 Å². The lowest BCUT2D eigenvalue weighted by Gasteiger charge is -2.12. The van der Waals surface area contributed by atoms with Gasteiger partial charge in [-0.15, -0.1) is 0 Å². The third-order valence-electron chi connectivity index (χ3n) is 3.32. The molecule has 92 valence electrons. The highest BCUT2D eigenvalue weighted by atomic mass is 19.1. The summed E-state index contributed by atoms with van der Waals surface area (Å²) in [5.41, 5.74) is 2.76. The monoisotopic (exact) mass is 245 g/mol. The molecule has 1 N–H and O–H groups in total. The van der Waals surface area contributed by atoms with Gasteiger partial charge in [-0.2, -0.15) is 0 Å². The summed E-state index contributed by atoms with van der Waals surface area (Å²) in [6.45, 7) is 0. The second-order valence-corrected chi connectivity index (χ2v) is 4.64. The number of halogens is 2. The van der Waals surface area contributed by atoms with Crippen molar-refractivity contribution in [3.63, 3.8) is 0 Å². The molecule has 1 heterocycles. The van der Waals surface area contributed by atoms with Crippen LogP contribution in [0.4, 0.5) is 14.5 Å². The molecule has 1 aliphatic heterocycles. The first kappa shape index (κ1) is 11.2. The third-order valence-corrected chi connectivity index (χ3v) is 3.32. The summed E-state index contributed by atoms with van der Waals surface area (Å²) in [5, 5.41) is 3.34. The molecule has 0 fully saturated rings. The summed E-state index contributed by atoms with van der Waals surface area (Å²) < 4.78 is 26.7. The van der Waals surface area contributed by atoms with Gasteiger partial charge in [0, 0.05) is 11.7 Å². The molecule has 0 saturated carbocycles. The van der Waals surface area contributed by atoms with Crippen LogP contribution in [-0.2, 0) is 12.8 Å². The van der Waals surface area contributed by atoms with Crippen molar-refractivity contribution in [3.05, 3.63) is 65.2 Å². The standard InChI is InChI=1S/C15H13F2N/c16-12-5-6-14(17)11(7-12)9-13-8-10-3-1-2-4-15(10)18-13/h1-7,13,18H,8-9H2. The first-order valence-corrected chi connectivity index (χ1v) is 6.01. The van der Waals surface area contributed by atoms with Gasteiger partial charge in [0.15, 0.2) is 0 Å². The fourth-order valence-corrected chi connectivity index (χ4v) is 2.46. The molecule has 3 heteroatoms. The van der Waals surface area contributed by atoms with Gasteiger partial charge in [-0.1, -0.05) is 18.2 Å². The Balaban J connectivity index is 1.78. The molecule has 0 amide bonds. The minimum Gasteiger partial charge on any atom is -0.381 e. The predicted octanol–water partition coefficient (Wildman–Crippen LogP) is 3.54. The maximum Gasteiger partial charge on any atom is 0.126 e. The first-order valence-electron chi connectivity index (χ1n) is 6.01. The zero-order chi connectivity index (χ0) is 12.5. The SMILES string of the molecule is Fc1ccc(F)c(CC2Cc3ccccc3N2)c1. The van der Waals surface area contributed by atoms with Crippen LogP contribution >= 0.6 is 0 Å². The smallest absolute Gasteiger partial charge is 0.126 e. The molecule has 0 aromatic heterocycles. The normalized spacial score (nSPS) is 17.3. The molecule has 3 rings (SSSR count). The molecule has 0 spiro atoms. The van der Waals surface area contributed by atoms with Crippen LogP contribution in [0, 0.1) is 11.6 Å². The second kappa shape index (κ2) is 4.41. The quantitative estimate of drug-likeness (QED) is 0.853. The van der Waals surface area contributed by atoms with Gasteiger partial charge >= 0.3 is 0 Å². The Labute approximate surface area is 104 Å². The van der Waals surface area contributed by atoms with Crippen molar-refractivity contribution in [2.75, 3.05) is 5.32 Å². The molecule has 2 aromatic carbocycles. The molecule has 0 radical (unpaired) electrons. The molecule has 0 saturated heterocycles. The van der Waals surface area contributed by atoms with Crippen molar-refractivity contribution in [1.82, 2.24) is 0 Å². The highest BCUT2D eigenvalue weighted by Gasteiger charge is 2.21. The molecule has 2 aromatic rings. The number of para-hydroxylation sites is 1. The van der Waals surface area contributed by atoms with Crippen LogP contribution in [0.3, 0.4) is 0 Å². The summed E-state index contributed by atoms with van der Waals surface area (Å²) in [6.07, 6.45) is 1.35. The maximum atomic E-state index is 13.6. The van der Waals surface area contributed by atoms with E-state index in [-0.39, 0.29) is 17.7 Å². The van der Waals surface area contributed by atoms with Crippen molar-refractivity contribution in [1.29, 1.82) is 0 Å². The highest BCUT2D eigenvalue weighted by molar-refractivity contribution is 5.56. The summed E-state index contributed by atoms with van der Waals surface area (Å²) in [5.74, 6) is -0.726. The molecular formula is C15H13F2N. The van der Waals surface area contributed by atoms with E-state index in [1.54, 1.807) is 0 Å². The molecule has 1 aliphatic rings. The summed E-state index contributed by atoms with van der Waals surface area (Å²) in [4.78, 5) is 0. The Hall–Kier alpha value is -1.90. The summed E-state index contributed by atoms with van der Waals surface area (Å²) in [6, 6.07) is 11.8. The molecule has 1 unspecified atom stereocenters. The lowest BCUT2D eigenvalue weighted by atomic mass is 10.0. The largest absolute Gasteiger partial charge is 0.381 e. The van der Waals surface area contributed by atoms with E-state index in [2.05, 4.69) is 11.4 Å². The molecule has 1 nitrogen and oxygen atoms in total. The number of benzene rings is 2. The molecule has 18 heavy (non-hydrogen) atoms. The van der Waals surface area contributed by atoms with Gasteiger partial charge in [-0.3, -0.25) is 0 Å². The summed E-state index contributed by atoms with van der Waals surface area (Å²) >= 11 is 0.